The van der Waals surface area contributed by atoms with Gasteiger partial charge in [0.15, 0.2) is 0 Å². The average Bonchev–Trinajstić information content (AvgIpc) is 2.75. The summed E-state index contributed by atoms with van der Waals surface area (Å²) in [4.78, 5) is 2.70. The summed E-state index contributed by atoms with van der Waals surface area (Å²) in [5.74, 6) is 2.59. The number of rotatable bonds is 0. The van der Waals surface area contributed by atoms with Crippen molar-refractivity contribution < 1.29 is 58.2 Å². The van der Waals surface area contributed by atoms with Gasteiger partial charge in [-0.25, -0.2) is 0 Å². The van der Waals surface area contributed by atoms with Crippen LogP contribution in [0.3, 0.4) is 0 Å². The molecule has 3 saturated heterocycles. The minimum absolute atomic E-state index is 0. The van der Waals surface area contributed by atoms with Crippen LogP contribution in [0.15, 0.2) is 22.7 Å². The van der Waals surface area contributed by atoms with Gasteiger partial charge in [0.05, 0.1) is 0 Å². The molecule has 2 unspecified atom stereocenters. The van der Waals surface area contributed by atoms with Crippen molar-refractivity contribution in [2.75, 3.05) is 19.6 Å². The Morgan fingerprint density at radius 1 is 1.15 bits per heavy atom. The average molecular weight is 404 g/mol. The molecule has 1 spiro atoms. The maximum absolute atomic E-state index is 5.28. The fourth-order valence-corrected chi connectivity index (χ4v) is 5.72. The predicted octanol–water partition coefficient (Wildman–Crippen LogP) is 0.725. The van der Waals surface area contributed by atoms with Crippen molar-refractivity contribution in [1.29, 1.82) is 0 Å². The Morgan fingerprint density at radius 2 is 1.90 bits per heavy atom. The molecule has 4 fully saturated rings. The van der Waals surface area contributed by atoms with E-state index in [0.29, 0.717) is 0 Å². The van der Waals surface area contributed by atoms with Gasteiger partial charge in [0.1, 0.15) is 0 Å². The Balaban J connectivity index is 0.00000106. The maximum Gasteiger partial charge on any atom is 1.00 e. The molecular formula is C16H18BrN2Rb. The van der Waals surface area contributed by atoms with Gasteiger partial charge in [0, 0.05) is 24.1 Å². The van der Waals surface area contributed by atoms with Crippen LogP contribution in [0, 0.1) is 17.8 Å². The van der Waals surface area contributed by atoms with Gasteiger partial charge in [0.2, 0.25) is 0 Å². The van der Waals surface area contributed by atoms with Crippen molar-refractivity contribution in [2.24, 2.45) is 17.8 Å². The minimum atomic E-state index is 0. The normalized spacial score (nSPS) is 43.2. The zero-order valence-electron chi connectivity index (χ0n) is 12.0. The molecule has 4 aliphatic heterocycles. The zero-order valence-corrected chi connectivity index (χ0v) is 18.5. The molecule has 1 saturated carbocycles. The zero-order chi connectivity index (χ0) is 12.6. The van der Waals surface area contributed by atoms with E-state index in [4.69, 9.17) is 5.32 Å². The molecule has 0 N–H and O–H groups in total. The fourth-order valence-electron chi connectivity index (χ4n) is 5.31. The maximum atomic E-state index is 5.28. The van der Waals surface area contributed by atoms with Crippen molar-refractivity contribution in [2.45, 2.75) is 24.8 Å². The van der Waals surface area contributed by atoms with E-state index in [9.17, 15) is 0 Å². The summed E-state index contributed by atoms with van der Waals surface area (Å²) in [6, 6.07) is 6.64. The second kappa shape index (κ2) is 5.14. The van der Waals surface area contributed by atoms with E-state index >= 15 is 0 Å². The molecule has 4 heterocycles. The Hall–Kier alpha value is 1.27. The molecule has 2 nitrogen and oxygen atoms in total. The van der Waals surface area contributed by atoms with Crippen LogP contribution in [0.4, 0.5) is 5.69 Å². The minimum Gasteiger partial charge on any atom is -0.678 e. The van der Waals surface area contributed by atoms with E-state index in [1.54, 1.807) is 0 Å². The quantitative estimate of drug-likeness (QED) is 0.624. The fraction of sp³-hybridized carbons (Fsp3) is 0.625. The SMILES string of the molecule is Brc1ccc2c(c1)CC1([N-]2)C2CC3CC1CN(C3)C2.[Rb+]. The first kappa shape index (κ1) is 14.8. The van der Waals surface area contributed by atoms with Gasteiger partial charge >= 0.3 is 58.2 Å². The Bertz CT molecular complexity index is 531. The van der Waals surface area contributed by atoms with E-state index in [1.807, 2.05) is 0 Å². The summed E-state index contributed by atoms with van der Waals surface area (Å²) in [6.45, 7) is 3.96. The third kappa shape index (κ3) is 2.03. The van der Waals surface area contributed by atoms with Crippen LogP contribution in [-0.2, 0) is 6.42 Å². The summed E-state index contributed by atoms with van der Waals surface area (Å²) in [5.41, 5.74) is 3.00. The molecule has 0 radical (unpaired) electrons. The number of fused-ring (bicyclic) bond motifs is 1. The molecule has 5 aliphatic rings. The second-order valence-corrected chi connectivity index (χ2v) is 7.92. The summed E-state index contributed by atoms with van der Waals surface area (Å²) >= 11 is 3.61. The number of nitrogens with zero attached hydrogens (tertiary/aromatic N) is 2. The van der Waals surface area contributed by atoms with E-state index in [-0.39, 0.29) is 63.7 Å². The smallest absolute Gasteiger partial charge is 0.678 e. The Labute approximate surface area is 178 Å². The molecule has 100 valence electrons. The molecule has 2 atom stereocenters. The summed E-state index contributed by atoms with van der Waals surface area (Å²) in [7, 11) is 0. The molecule has 1 aromatic rings. The van der Waals surface area contributed by atoms with Crippen LogP contribution in [0.1, 0.15) is 18.4 Å². The van der Waals surface area contributed by atoms with E-state index in [1.165, 1.54) is 54.6 Å². The first-order valence-corrected chi connectivity index (χ1v) is 8.26. The molecule has 6 rings (SSSR count). The molecule has 0 amide bonds. The van der Waals surface area contributed by atoms with Crippen LogP contribution >= 0.6 is 15.9 Å². The van der Waals surface area contributed by atoms with Crippen LogP contribution < -0.4 is 58.2 Å². The third-order valence-electron chi connectivity index (χ3n) is 5.97. The van der Waals surface area contributed by atoms with E-state index in [2.05, 4.69) is 39.0 Å². The molecule has 1 aromatic carbocycles. The standard InChI is InChI=1S/C16H18BrN2.Rb/c17-14-1-2-15-11(5-14)6-16(18-15)12-3-10-4-13(16)9-19(7-10)8-12;/h1-2,5,10,12-13H,3-4,6-9H2;/q-1;+1. The van der Waals surface area contributed by atoms with Gasteiger partial charge < -0.3 is 10.2 Å². The molecule has 1 aliphatic carbocycles. The summed E-state index contributed by atoms with van der Waals surface area (Å²) in [6.07, 6.45) is 4.04. The topological polar surface area (TPSA) is 17.3 Å². The van der Waals surface area contributed by atoms with Crippen molar-refractivity contribution >= 4 is 21.6 Å². The third-order valence-corrected chi connectivity index (χ3v) is 6.46. The van der Waals surface area contributed by atoms with Crippen molar-refractivity contribution in [3.63, 3.8) is 0 Å². The number of piperidine rings is 3. The van der Waals surface area contributed by atoms with Gasteiger partial charge in [-0.15, -0.1) is 5.69 Å². The Kier molecular flexibility index (Phi) is 3.81. The first-order chi connectivity index (χ1) is 9.23. The van der Waals surface area contributed by atoms with Gasteiger partial charge in [-0.1, -0.05) is 33.1 Å². The van der Waals surface area contributed by atoms with Crippen molar-refractivity contribution in [1.82, 2.24) is 4.90 Å². The predicted molar refractivity (Wildman–Crippen MR) is 79.7 cm³/mol. The largest absolute Gasteiger partial charge is 1.00 e. The van der Waals surface area contributed by atoms with Gasteiger partial charge in [-0.05, 0) is 49.1 Å². The van der Waals surface area contributed by atoms with E-state index in [0.717, 1.165) is 17.8 Å². The van der Waals surface area contributed by atoms with Crippen LogP contribution in [0.2, 0.25) is 0 Å². The van der Waals surface area contributed by atoms with Gasteiger partial charge in [-0.2, -0.15) is 0 Å². The number of benzene rings is 1. The molecule has 4 bridgehead atoms. The number of halogens is 1. The van der Waals surface area contributed by atoms with Gasteiger partial charge in [0.25, 0.3) is 0 Å². The number of hydrogen-bond donors (Lipinski definition) is 0. The summed E-state index contributed by atoms with van der Waals surface area (Å²) in [5, 5.41) is 5.28. The molecule has 20 heavy (non-hydrogen) atoms. The number of hydrogen-bond acceptors (Lipinski definition) is 1. The molecule has 0 aromatic heterocycles. The second-order valence-electron chi connectivity index (χ2n) is 7.00. The van der Waals surface area contributed by atoms with Crippen LogP contribution in [0.5, 0.6) is 0 Å². The van der Waals surface area contributed by atoms with Crippen LogP contribution in [0.25, 0.3) is 5.32 Å². The van der Waals surface area contributed by atoms with E-state index < -0.39 is 0 Å². The van der Waals surface area contributed by atoms with Crippen LogP contribution in [-0.4, -0.2) is 30.1 Å². The first-order valence-electron chi connectivity index (χ1n) is 7.47. The van der Waals surface area contributed by atoms with Crippen molar-refractivity contribution in [3.8, 4) is 0 Å². The van der Waals surface area contributed by atoms with Crippen molar-refractivity contribution in [3.05, 3.63) is 33.6 Å². The Morgan fingerprint density at radius 3 is 2.60 bits per heavy atom. The molecular weight excluding hydrogens is 386 g/mol. The molecule has 4 heteroatoms. The summed E-state index contributed by atoms with van der Waals surface area (Å²) < 4.78 is 1.20. The van der Waals surface area contributed by atoms with Gasteiger partial charge in [-0.3, -0.25) is 0 Å². The monoisotopic (exact) mass is 402 g/mol.